The van der Waals surface area contributed by atoms with Gasteiger partial charge in [-0.15, -0.1) is 0 Å². The van der Waals surface area contributed by atoms with Crippen LogP contribution in [0.4, 0.5) is 26.6 Å². The van der Waals surface area contributed by atoms with Crippen LogP contribution >= 0.6 is 0 Å². The first kappa shape index (κ1) is 21.4. The van der Waals surface area contributed by atoms with Crippen LogP contribution in [0.25, 0.3) is 0 Å². The lowest BCUT2D eigenvalue weighted by Crippen LogP contribution is -2.45. The van der Waals surface area contributed by atoms with Crippen LogP contribution in [0.15, 0.2) is 30.5 Å². The number of alkyl carbamates (subject to hydrolysis) is 1. The Morgan fingerprint density at radius 1 is 1.30 bits per heavy atom. The molecule has 0 unspecified atom stereocenters. The van der Waals surface area contributed by atoms with E-state index in [-0.39, 0.29) is 17.8 Å². The molecule has 0 saturated heterocycles. The Hall–Kier alpha value is -3.34. The largest absolute Gasteiger partial charge is 0.444 e. The highest BCUT2D eigenvalue weighted by atomic mass is 19.1. The molecule has 1 aromatic heterocycles. The van der Waals surface area contributed by atoms with Gasteiger partial charge in [0.25, 0.3) is 0 Å². The predicted molar refractivity (Wildman–Crippen MR) is 114 cm³/mol. The fourth-order valence-electron chi connectivity index (χ4n) is 2.93. The molecule has 0 spiro atoms. The summed E-state index contributed by atoms with van der Waals surface area (Å²) < 4.78 is 18.6. The maximum absolute atomic E-state index is 13.3. The molecule has 1 heterocycles. The van der Waals surface area contributed by atoms with Crippen LogP contribution in [-0.2, 0) is 4.74 Å². The maximum atomic E-state index is 13.3. The molecule has 0 bridgehead atoms. The van der Waals surface area contributed by atoms with E-state index in [1.165, 1.54) is 12.1 Å². The number of anilines is 3. The quantitative estimate of drug-likeness (QED) is 0.658. The fraction of sp³-hybridized carbons (Fsp3) is 0.409. The minimum absolute atomic E-state index is 0.0806. The summed E-state index contributed by atoms with van der Waals surface area (Å²) in [5, 5.41) is 8.84. The third-order valence-electron chi connectivity index (χ3n) is 4.38. The molecule has 2 aromatic rings. The molecular weight excluding hydrogens is 385 g/mol. The molecule has 7 nitrogen and oxygen atoms in total. The van der Waals surface area contributed by atoms with Gasteiger partial charge in [-0.05, 0) is 51.8 Å². The first-order chi connectivity index (χ1) is 14.2. The number of hydrogen-bond donors (Lipinski definition) is 3. The van der Waals surface area contributed by atoms with Gasteiger partial charge in [0, 0.05) is 24.7 Å². The number of carbonyl (C=O) groups excluding carboxylic acids is 1. The summed E-state index contributed by atoms with van der Waals surface area (Å²) in [5.41, 5.74) is 0.728. The number of hydrogen-bond acceptors (Lipinski definition) is 6. The molecule has 1 amide bonds. The number of nitrogens with zero attached hydrogens (tertiary/aromatic N) is 2. The highest BCUT2D eigenvalue weighted by Crippen LogP contribution is 2.27. The summed E-state index contributed by atoms with van der Waals surface area (Å²) in [4.78, 5) is 20.4. The van der Waals surface area contributed by atoms with Crippen LogP contribution in [0.2, 0.25) is 0 Å². The third kappa shape index (κ3) is 6.08. The molecule has 0 atom stereocenters. The van der Waals surface area contributed by atoms with E-state index in [1.807, 2.05) is 20.8 Å². The van der Waals surface area contributed by atoms with E-state index in [9.17, 15) is 9.18 Å². The number of nitrogens with one attached hydrogen (secondary N) is 3. The van der Waals surface area contributed by atoms with Crippen molar-refractivity contribution in [2.24, 2.45) is 5.92 Å². The first-order valence-electron chi connectivity index (χ1n) is 9.80. The monoisotopic (exact) mass is 411 g/mol. The second-order valence-electron chi connectivity index (χ2n) is 8.12. The Bertz CT molecular complexity index is 971. The summed E-state index contributed by atoms with van der Waals surface area (Å²) in [7, 11) is 1.75. The average molecular weight is 411 g/mol. The van der Waals surface area contributed by atoms with E-state index in [2.05, 4.69) is 37.8 Å². The number of halogens is 1. The Morgan fingerprint density at radius 3 is 2.73 bits per heavy atom. The van der Waals surface area contributed by atoms with Crippen LogP contribution in [0.3, 0.4) is 0 Å². The van der Waals surface area contributed by atoms with Gasteiger partial charge in [0.1, 0.15) is 17.2 Å². The highest BCUT2D eigenvalue weighted by molar-refractivity contribution is 5.68. The highest BCUT2D eigenvalue weighted by Gasteiger charge is 2.30. The summed E-state index contributed by atoms with van der Waals surface area (Å²) >= 11 is 0. The summed E-state index contributed by atoms with van der Waals surface area (Å²) in [6.45, 7) is 5.51. The molecule has 1 fully saturated rings. The lowest BCUT2D eigenvalue weighted by Gasteiger charge is -2.33. The minimum Gasteiger partial charge on any atom is -0.444 e. The van der Waals surface area contributed by atoms with E-state index in [4.69, 9.17) is 4.74 Å². The Kier molecular flexibility index (Phi) is 6.40. The first-order valence-corrected chi connectivity index (χ1v) is 9.80. The minimum atomic E-state index is -0.508. The van der Waals surface area contributed by atoms with Gasteiger partial charge < -0.3 is 20.7 Å². The molecule has 30 heavy (non-hydrogen) atoms. The van der Waals surface area contributed by atoms with Crippen molar-refractivity contribution in [3.8, 4) is 11.8 Å². The number of carbonyl (C=O) groups is 1. The molecule has 158 valence electrons. The van der Waals surface area contributed by atoms with E-state index < -0.39 is 11.7 Å². The van der Waals surface area contributed by atoms with Gasteiger partial charge in [0.05, 0.1) is 11.8 Å². The van der Waals surface area contributed by atoms with Gasteiger partial charge in [0.15, 0.2) is 0 Å². The topological polar surface area (TPSA) is 88.2 Å². The third-order valence-corrected chi connectivity index (χ3v) is 4.38. The van der Waals surface area contributed by atoms with Crippen molar-refractivity contribution in [2.75, 3.05) is 17.7 Å². The van der Waals surface area contributed by atoms with Crippen molar-refractivity contribution >= 4 is 23.5 Å². The van der Waals surface area contributed by atoms with Gasteiger partial charge >= 0.3 is 6.09 Å². The number of benzene rings is 1. The van der Waals surface area contributed by atoms with Crippen LogP contribution in [0.1, 0.15) is 39.2 Å². The van der Waals surface area contributed by atoms with E-state index in [1.54, 1.807) is 25.4 Å². The molecule has 8 heteroatoms. The van der Waals surface area contributed by atoms with Gasteiger partial charge in [-0.25, -0.2) is 14.2 Å². The molecule has 3 N–H and O–H groups in total. The van der Waals surface area contributed by atoms with E-state index in [0.29, 0.717) is 23.0 Å². The van der Waals surface area contributed by atoms with Crippen molar-refractivity contribution < 1.29 is 13.9 Å². The lowest BCUT2D eigenvalue weighted by molar-refractivity contribution is 0.0467. The SMILES string of the molecule is CNc1nc(Nc2cccc(F)c2)ncc1C#C[C@H]1C[C@@H](NC(=O)OC(C)(C)C)C1. The fourth-order valence-corrected chi connectivity index (χ4v) is 2.93. The number of rotatable bonds is 4. The van der Waals surface area contributed by atoms with Crippen molar-refractivity contribution in [1.82, 2.24) is 15.3 Å². The molecule has 1 aliphatic carbocycles. The summed E-state index contributed by atoms with van der Waals surface area (Å²) in [5.74, 6) is 7.10. The number of amides is 1. The lowest BCUT2D eigenvalue weighted by atomic mass is 9.81. The zero-order chi connectivity index (χ0) is 21.7. The van der Waals surface area contributed by atoms with E-state index in [0.717, 1.165) is 12.8 Å². The van der Waals surface area contributed by atoms with Gasteiger partial charge in [-0.2, -0.15) is 4.98 Å². The Balaban J connectivity index is 1.56. The average Bonchev–Trinajstić information content (AvgIpc) is 2.62. The smallest absolute Gasteiger partial charge is 0.407 e. The molecule has 1 aliphatic rings. The Labute approximate surface area is 175 Å². The van der Waals surface area contributed by atoms with Crippen LogP contribution < -0.4 is 16.0 Å². The molecule has 0 aliphatic heterocycles. The predicted octanol–water partition coefficient (Wildman–Crippen LogP) is 4.06. The second kappa shape index (κ2) is 8.99. The molecule has 0 radical (unpaired) electrons. The summed E-state index contributed by atoms with van der Waals surface area (Å²) in [6.07, 6.45) is 2.79. The molecular formula is C22H26FN5O2. The van der Waals surface area contributed by atoms with Crippen LogP contribution in [-0.4, -0.2) is 34.8 Å². The molecule has 1 aromatic carbocycles. The number of aromatic nitrogens is 2. The summed E-state index contributed by atoms with van der Waals surface area (Å²) in [6, 6.07) is 6.17. The number of ether oxygens (including phenoxy) is 1. The normalized spacial score (nSPS) is 17.8. The molecule has 3 rings (SSSR count). The van der Waals surface area contributed by atoms with Crippen LogP contribution in [0.5, 0.6) is 0 Å². The zero-order valence-corrected chi connectivity index (χ0v) is 17.5. The second-order valence-corrected chi connectivity index (χ2v) is 8.12. The maximum Gasteiger partial charge on any atom is 0.407 e. The van der Waals surface area contributed by atoms with Gasteiger partial charge in [-0.1, -0.05) is 17.9 Å². The van der Waals surface area contributed by atoms with Crippen molar-refractivity contribution in [1.29, 1.82) is 0 Å². The van der Waals surface area contributed by atoms with Crippen molar-refractivity contribution in [3.63, 3.8) is 0 Å². The standard InChI is InChI=1S/C22H26FN5O2/c1-22(2,3)30-21(29)27-18-10-14(11-18)8-9-15-13-25-20(28-19(15)24-4)26-17-7-5-6-16(23)12-17/h5-7,12-14,18H,10-11H2,1-4H3,(H,27,29)(H2,24,25,26,28)/t14-,18+. The van der Waals surface area contributed by atoms with Gasteiger partial charge in [-0.3, -0.25) is 0 Å². The van der Waals surface area contributed by atoms with E-state index >= 15 is 0 Å². The Morgan fingerprint density at radius 2 is 2.07 bits per heavy atom. The molecule has 1 saturated carbocycles. The van der Waals surface area contributed by atoms with Crippen LogP contribution in [0, 0.1) is 23.6 Å². The zero-order valence-electron chi connectivity index (χ0n) is 17.5. The van der Waals surface area contributed by atoms with Crippen molar-refractivity contribution in [2.45, 2.75) is 45.3 Å². The van der Waals surface area contributed by atoms with Crippen molar-refractivity contribution in [3.05, 3.63) is 41.8 Å². The van der Waals surface area contributed by atoms with Gasteiger partial charge in [0.2, 0.25) is 5.95 Å².